The van der Waals surface area contributed by atoms with Crippen LogP contribution < -0.4 is 0 Å². The van der Waals surface area contributed by atoms with Crippen LogP contribution in [0.4, 0.5) is 0 Å². The smallest absolute Gasteiger partial charge is 0.181 e. The van der Waals surface area contributed by atoms with Gasteiger partial charge in [0.05, 0.1) is 29.8 Å². The van der Waals surface area contributed by atoms with E-state index in [2.05, 4.69) is 63.8 Å². The number of nitrogens with zero attached hydrogens (tertiary/aromatic N) is 4. The van der Waals surface area contributed by atoms with E-state index in [1.807, 2.05) is 30.6 Å². The van der Waals surface area contributed by atoms with Crippen LogP contribution in [0.1, 0.15) is 22.4 Å². The molecule has 0 spiro atoms. The van der Waals surface area contributed by atoms with E-state index < -0.39 is 8.07 Å². The first-order valence-electron chi connectivity index (χ1n) is 10.3. The molecule has 2 aromatic heterocycles. The molecular formula is C25H21ClN4OSi. The summed E-state index contributed by atoms with van der Waals surface area (Å²) < 4.78 is 7.58. The first-order chi connectivity index (χ1) is 15.4. The van der Waals surface area contributed by atoms with Crippen LogP contribution in [0.25, 0.3) is 17.1 Å². The van der Waals surface area contributed by atoms with Crippen LogP contribution >= 0.6 is 11.6 Å². The summed E-state index contributed by atoms with van der Waals surface area (Å²) in [7, 11) is -1.50. The van der Waals surface area contributed by atoms with Crippen LogP contribution in [0, 0.1) is 11.5 Å². The van der Waals surface area contributed by atoms with E-state index in [0.717, 1.165) is 39.5 Å². The Kier molecular flexibility index (Phi) is 5.08. The third kappa shape index (κ3) is 3.81. The highest BCUT2D eigenvalue weighted by molar-refractivity contribution is 6.83. The molecule has 0 amide bonds. The Hall–Kier alpha value is -3.40. The van der Waals surface area contributed by atoms with E-state index in [1.165, 1.54) is 6.39 Å². The van der Waals surface area contributed by atoms with Crippen molar-refractivity contribution in [2.75, 3.05) is 0 Å². The number of benzene rings is 2. The van der Waals surface area contributed by atoms with Crippen LogP contribution in [-0.2, 0) is 6.54 Å². The summed E-state index contributed by atoms with van der Waals surface area (Å²) in [5, 5.41) is 0.663. The molecule has 0 saturated heterocycles. The number of oxazole rings is 1. The van der Waals surface area contributed by atoms with E-state index in [1.54, 1.807) is 6.20 Å². The van der Waals surface area contributed by atoms with Crippen LogP contribution in [0.3, 0.4) is 0 Å². The van der Waals surface area contributed by atoms with E-state index in [0.29, 0.717) is 17.3 Å². The normalized spacial score (nSPS) is 12.8. The molecular weight excluding hydrogens is 436 g/mol. The van der Waals surface area contributed by atoms with Crippen molar-refractivity contribution >= 4 is 25.4 Å². The van der Waals surface area contributed by atoms with E-state index >= 15 is 0 Å². The fourth-order valence-electron chi connectivity index (χ4n) is 3.67. The van der Waals surface area contributed by atoms with Gasteiger partial charge in [0, 0.05) is 21.7 Å². The third-order valence-corrected chi connectivity index (χ3v) is 6.35. The molecule has 0 radical (unpaired) electrons. The number of aliphatic imine (C=N–C) groups is 1. The maximum Gasteiger partial charge on any atom is 0.181 e. The monoisotopic (exact) mass is 456 g/mol. The topological polar surface area (TPSA) is 56.2 Å². The minimum atomic E-state index is -1.50. The van der Waals surface area contributed by atoms with Gasteiger partial charge in [-0.25, -0.2) is 9.97 Å². The fraction of sp³-hybridized carbons (Fsp3) is 0.160. The summed E-state index contributed by atoms with van der Waals surface area (Å²) >= 11 is 6.59. The lowest BCUT2D eigenvalue weighted by molar-refractivity contribution is 0.569. The Morgan fingerprint density at radius 1 is 1.09 bits per heavy atom. The van der Waals surface area contributed by atoms with Crippen LogP contribution in [0.2, 0.25) is 24.7 Å². The molecule has 0 N–H and O–H groups in total. The van der Waals surface area contributed by atoms with Crippen molar-refractivity contribution in [2.24, 2.45) is 4.99 Å². The highest BCUT2D eigenvalue weighted by Gasteiger charge is 2.24. The predicted octanol–water partition coefficient (Wildman–Crippen LogP) is 5.76. The highest BCUT2D eigenvalue weighted by Crippen LogP contribution is 2.32. The van der Waals surface area contributed by atoms with Gasteiger partial charge < -0.3 is 4.42 Å². The van der Waals surface area contributed by atoms with Gasteiger partial charge in [-0.15, -0.1) is 5.54 Å². The molecule has 7 heteroatoms. The van der Waals surface area contributed by atoms with Crippen LogP contribution in [-0.4, -0.2) is 28.3 Å². The van der Waals surface area contributed by atoms with Crippen molar-refractivity contribution in [1.82, 2.24) is 14.5 Å². The molecule has 5 nitrogen and oxygen atoms in total. The second kappa shape index (κ2) is 7.94. The van der Waals surface area contributed by atoms with Crippen LogP contribution in [0.5, 0.6) is 0 Å². The largest absolute Gasteiger partial charge is 0.442 e. The van der Waals surface area contributed by atoms with Crippen molar-refractivity contribution in [3.05, 3.63) is 88.8 Å². The number of hydrogen-bond acceptors (Lipinski definition) is 4. The minimum Gasteiger partial charge on any atom is -0.442 e. The van der Waals surface area contributed by atoms with Gasteiger partial charge in [-0.05, 0) is 24.3 Å². The molecule has 2 aromatic carbocycles. The number of hydrogen-bond donors (Lipinski definition) is 0. The van der Waals surface area contributed by atoms with E-state index in [4.69, 9.17) is 21.0 Å². The SMILES string of the molecule is C[Si](C)(C)C#Cc1ccc2c(c1)C(c1ccccc1Cl)=NCc1c(-c3cnco3)ncn1-2. The standard InChI is InChI=1S/C25H21ClN4OSi/c1-32(2,3)11-10-17-8-9-21-19(12-17)24(18-6-4-5-7-20(18)26)28-13-22-25(29-15-30(21)22)23-14-27-16-31-23/h4-9,12,14-16H,13H2,1-3H3. The lowest BCUT2D eigenvalue weighted by Crippen LogP contribution is -2.16. The molecule has 0 saturated carbocycles. The van der Waals surface area contributed by atoms with Crippen LogP contribution in [0.15, 0.2) is 70.8 Å². The zero-order valence-corrected chi connectivity index (χ0v) is 19.8. The first kappa shape index (κ1) is 20.5. The van der Waals surface area contributed by atoms with Gasteiger partial charge in [-0.1, -0.05) is 55.4 Å². The van der Waals surface area contributed by atoms with Gasteiger partial charge in [-0.2, -0.15) is 0 Å². The van der Waals surface area contributed by atoms with Crippen molar-refractivity contribution in [1.29, 1.82) is 0 Å². The summed E-state index contributed by atoms with van der Waals surface area (Å²) in [6.07, 6.45) is 4.89. The highest BCUT2D eigenvalue weighted by atomic mass is 35.5. The average Bonchev–Trinajstić information content (AvgIpc) is 3.40. The molecule has 3 heterocycles. The molecule has 32 heavy (non-hydrogen) atoms. The Morgan fingerprint density at radius 2 is 1.94 bits per heavy atom. The number of rotatable bonds is 2. The second-order valence-corrected chi connectivity index (χ2v) is 13.8. The summed E-state index contributed by atoms with van der Waals surface area (Å²) in [5.74, 6) is 3.99. The van der Waals surface area contributed by atoms with Crippen molar-refractivity contribution < 1.29 is 4.42 Å². The molecule has 0 fully saturated rings. The van der Waals surface area contributed by atoms with Gasteiger partial charge in [0.15, 0.2) is 12.2 Å². The van der Waals surface area contributed by atoms with E-state index in [9.17, 15) is 0 Å². The van der Waals surface area contributed by atoms with Gasteiger partial charge in [0.1, 0.15) is 20.1 Å². The summed E-state index contributed by atoms with van der Waals surface area (Å²) in [6.45, 7) is 7.15. The Labute approximate surface area is 192 Å². The molecule has 0 aliphatic carbocycles. The zero-order chi connectivity index (χ0) is 22.3. The Morgan fingerprint density at radius 3 is 2.69 bits per heavy atom. The number of imidazole rings is 1. The van der Waals surface area contributed by atoms with Gasteiger partial charge >= 0.3 is 0 Å². The fourth-order valence-corrected chi connectivity index (χ4v) is 4.41. The van der Waals surface area contributed by atoms with Gasteiger partial charge in [0.25, 0.3) is 0 Å². The number of fused-ring (bicyclic) bond motifs is 3. The molecule has 0 unspecified atom stereocenters. The number of halogens is 1. The number of aromatic nitrogens is 3. The van der Waals surface area contributed by atoms with Gasteiger partial charge in [0.2, 0.25) is 0 Å². The third-order valence-electron chi connectivity index (χ3n) is 5.14. The molecule has 158 valence electrons. The minimum absolute atomic E-state index is 0.432. The average molecular weight is 457 g/mol. The lowest BCUT2D eigenvalue weighted by Gasteiger charge is -2.13. The Bertz CT molecular complexity index is 1400. The molecule has 0 bridgehead atoms. The first-order valence-corrected chi connectivity index (χ1v) is 14.2. The lowest BCUT2D eigenvalue weighted by atomic mass is 9.98. The zero-order valence-electron chi connectivity index (χ0n) is 18.1. The molecule has 1 aliphatic heterocycles. The summed E-state index contributed by atoms with van der Waals surface area (Å²) in [6, 6.07) is 14.0. The molecule has 1 aliphatic rings. The molecule has 5 rings (SSSR count). The summed E-state index contributed by atoms with van der Waals surface area (Å²) in [5.41, 5.74) is 9.78. The quantitative estimate of drug-likeness (QED) is 0.284. The van der Waals surface area contributed by atoms with E-state index in [-0.39, 0.29) is 0 Å². The van der Waals surface area contributed by atoms with Crippen molar-refractivity contribution in [3.8, 4) is 28.6 Å². The summed E-state index contributed by atoms with van der Waals surface area (Å²) in [4.78, 5) is 13.6. The Balaban J connectivity index is 1.73. The molecule has 4 aromatic rings. The second-order valence-electron chi connectivity index (χ2n) is 8.65. The van der Waals surface area contributed by atoms with Crippen molar-refractivity contribution in [2.45, 2.75) is 26.2 Å². The molecule has 0 atom stereocenters. The van der Waals surface area contributed by atoms with Crippen molar-refractivity contribution in [3.63, 3.8) is 0 Å². The maximum absolute atomic E-state index is 6.59. The predicted molar refractivity (Wildman–Crippen MR) is 130 cm³/mol. The maximum atomic E-state index is 6.59. The van der Waals surface area contributed by atoms with Gasteiger partial charge in [-0.3, -0.25) is 9.56 Å².